The lowest BCUT2D eigenvalue weighted by Gasteiger charge is -2.16. The molecule has 0 aliphatic heterocycles. The Morgan fingerprint density at radius 3 is 2.85 bits per heavy atom. The highest BCUT2D eigenvalue weighted by atomic mass is 79.9. The van der Waals surface area contributed by atoms with Crippen molar-refractivity contribution in [2.45, 2.75) is 25.6 Å². The predicted molar refractivity (Wildman–Crippen MR) is 51.0 cm³/mol. The van der Waals surface area contributed by atoms with E-state index < -0.39 is 11.6 Å². The molecule has 72 valence electrons. The molecule has 3 atom stereocenters. The molecule has 1 aromatic heterocycles. The van der Waals surface area contributed by atoms with E-state index in [0.29, 0.717) is 12.2 Å². The lowest BCUT2D eigenvalue weighted by atomic mass is 9.97. The van der Waals surface area contributed by atoms with Crippen molar-refractivity contribution in [3.63, 3.8) is 0 Å². The zero-order valence-electron chi connectivity index (χ0n) is 7.26. The Morgan fingerprint density at radius 2 is 2.46 bits per heavy atom. The van der Waals surface area contributed by atoms with Crippen LogP contribution in [0.5, 0.6) is 0 Å². The number of nitrogens with two attached hydrogens (primary N) is 1. The molecule has 1 aliphatic carbocycles. The summed E-state index contributed by atoms with van der Waals surface area (Å²) in [5.74, 6) is 0.641. The Hall–Kier alpha value is -0.350. The van der Waals surface area contributed by atoms with Gasteiger partial charge in [-0.15, -0.1) is 0 Å². The van der Waals surface area contributed by atoms with E-state index in [2.05, 4.69) is 15.9 Å². The molecule has 0 spiro atoms. The molecule has 2 rings (SSSR count). The Labute approximate surface area is 84.4 Å². The van der Waals surface area contributed by atoms with Gasteiger partial charge in [0.2, 0.25) is 0 Å². The Balaban J connectivity index is 2.24. The van der Waals surface area contributed by atoms with Crippen LogP contribution in [0.15, 0.2) is 21.2 Å². The summed E-state index contributed by atoms with van der Waals surface area (Å²) in [6.45, 7) is 1.84. The number of alkyl halides is 1. The van der Waals surface area contributed by atoms with Crippen LogP contribution in [0.3, 0.4) is 0 Å². The maximum atomic E-state index is 13.0. The van der Waals surface area contributed by atoms with E-state index in [1.807, 2.05) is 6.92 Å². The fourth-order valence-electron chi connectivity index (χ4n) is 1.48. The normalized spacial score (nSPS) is 34.6. The molecule has 4 heteroatoms. The Morgan fingerprint density at radius 1 is 1.85 bits per heavy atom. The summed E-state index contributed by atoms with van der Waals surface area (Å²) in [5.41, 5.74) is 5.48. The summed E-state index contributed by atoms with van der Waals surface area (Å²) in [5, 5.41) is 0. The van der Waals surface area contributed by atoms with Gasteiger partial charge in [0.25, 0.3) is 0 Å². The van der Waals surface area contributed by atoms with E-state index in [0.717, 1.165) is 4.47 Å². The van der Waals surface area contributed by atoms with Crippen LogP contribution in [0.4, 0.5) is 4.39 Å². The van der Waals surface area contributed by atoms with Gasteiger partial charge in [-0.2, -0.15) is 0 Å². The van der Waals surface area contributed by atoms with Crippen LogP contribution < -0.4 is 5.73 Å². The molecule has 13 heavy (non-hydrogen) atoms. The molecule has 1 aromatic rings. The highest BCUT2D eigenvalue weighted by molar-refractivity contribution is 9.10. The second-order valence-electron chi connectivity index (χ2n) is 3.79. The van der Waals surface area contributed by atoms with Crippen molar-refractivity contribution in [2.24, 2.45) is 11.1 Å². The molecule has 1 aliphatic rings. The van der Waals surface area contributed by atoms with Gasteiger partial charge in [-0.05, 0) is 28.4 Å². The molecule has 2 nitrogen and oxygen atoms in total. The largest absolute Gasteiger partial charge is 0.466 e. The zero-order valence-corrected chi connectivity index (χ0v) is 8.84. The van der Waals surface area contributed by atoms with Gasteiger partial charge in [0.15, 0.2) is 0 Å². The van der Waals surface area contributed by atoms with Crippen molar-refractivity contribution in [1.29, 1.82) is 0 Å². The van der Waals surface area contributed by atoms with Crippen molar-refractivity contribution in [3.8, 4) is 0 Å². The first-order valence-electron chi connectivity index (χ1n) is 4.18. The fourth-order valence-corrected chi connectivity index (χ4v) is 1.92. The first kappa shape index (κ1) is 9.21. The molecule has 0 bridgehead atoms. The van der Waals surface area contributed by atoms with E-state index in [-0.39, 0.29) is 6.04 Å². The summed E-state index contributed by atoms with van der Waals surface area (Å²) in [6.07, 6.45) is 1.29. The minimum atomic E-state index is -0.792. The molecule has 0 radical (unpaired) electrons. The third-order valence-electron chi connectivity index (χ3n) is 2.81. The van der Waals surface area contributed by atoms with Gasteiger partial charge in [-0.3, -0.25) is 0 Å². The van der Waals surface area contributed by atoms with Crippen LogP contribution in [0.25, 0.3) is 0 Å². The van der Waals surface area contributed by atoms with Crippen LogP contribution in [0.2, 0.25) is 0 Å². The lowest BCUT2D eigenvalue weighted by molar-refractivity contribution is 0.300. The second-order valence-corrected chi connectivity index (χ2v) is 4.64. The number of hydrogen-bond donors (Lipinski definition) is 1. The molecule has 1 fully saturated rings. The third kappa shape index (κ3) is 1.32. The summed E-state index contributed by atoms with van der Waals surface area (Å²) in [7, 11) is 0. The minimum absolute atomic E-state index is 0.355. The first-order valence-corrected chi connectivity index (χ1v) is 4.97. The summed E-state index contributed by atoms with van der Waals surface area (Å²) < 4.78 is 19.0. The Kier molecular flexibility index (Phi) is 2.00. The van der Waals surface area contributed by atoms with Gasteiger partial charge < -0.3 is 10.2 Å². The van der Waals surface area contributed by atoms with Crippen LogP contribution >= 0.6 is 15.9 Å². The SMILES string of the molecule is CC1(C(N)c2occc2Br)CC1F. The van der Waals surface area contributed by atoms with Gasteiger partial charge in [0.05, 0.1) is 16.8 Å². The maximum absolute atomic E-state index is 13.0. The van der Waals surface area contributed by atoms with Crippen molar-refractivity contribution in [2.75, 3.05) is 0 Å². The van der Waals surface area contributed by atoms with Gasteiger partial charge in [0, 0.05) is 5.41 Å². The monoisotopic (exact) mass is 247 g/mol. The third-order valence-corrected chi connectivity index (χ3v) is 3.47. The van der Waals surface area contributed by atoms with Crippen molar-refractivity contribution < 1.29 is 8.81 Å². The van der Waals surface area contributed by atoms with Crippen LogP contribution in [0, 0.1) is 5.41 Å². The van der Waals surface area contributed by atoms with E-state index in [1.165, 1.54) is 0 Å². The molecule has 1 heterocycles. The van der Waals surface area contributed by atoms with E-state index in [9.17, 15) is 4.39 Å². The molecule has 2 N–H and O–H groups in total. The average Bonchev–Trinajstić information content (AvgIpc) is 2.52. The summed E-state index contributed by atoms with van der Waals surface area (Å²) in [4.78, 5) is 0. The smallest absolute Gasteiger partial charge is 0.135 e. The Bertz CT molecular complexity index is 327. The fraction of sp³-hybridized carbons (Fsp3) is 0.556. The highest BCUT2D eigenvalue weighted by Gasteiger charge is 2.56. The number of furan rings is 1. The molecule has 3 unspecified atom stereocenters. The standard InChI is InChI=1S/C9H11BrFNO/c1-9(4-6(9)11)8(12)7-5(10)2-3-13-7/h2-3,6,8H,4,12H2,1H3. The summed E-state index contributed by atoms with van der Waals surface area (Å²) >= 11 is 3.31. The zero-order chi connectivity index (χ0) is 9.64. The van der Waals surface area contributed by atoms with Gasteiger partial charge in [-0.1, -0.05) is 6.92 Å². The summed E-state index contributed by atoms with van der Waals surface area (Å²) in [6, 6.07) is 1.42. The number of halogens is 2. The van der Waals surface area contributed by atoms with E-state index in [4.69, 9.17) is 10.2 Å². The van der Waals surface area contributed by atoms with Crippen LogP contribution in [-0.2, 0) is 0 Å². The van der Waals surface area contributed by atoms with Gasteiger partial charge in [0.1, 0.15) is 11.9 Å². The topological polar surface area (TPSA) is 39.2 Å². The van der Waals surface area contributed by atoms with Crippen molar-refractivity contribution >= 4 is 15.9 Å². The first-order chi connectivity index (χ1) is 6.05. The molecule has 0 saturated heterocycles. The van der Waals surface area contributed by atoms with E-state index >= 15 is 0 Å². The molecule has 1 saturated carbocycles. The predicted octanol–water partition coefficient (Wildman–Crippen LogP) is 2.79. The average molecular weight is 248 g/mol. The minimum Gasteiger partial charge on any atom is -0.466 e. The quantitative estimate of drug-likeness (QED) is 0.873. The van der Waals surface area contributed by atoms with Gasteiger partial charge in [-0.25, -0.2) is 4.39 Å². The van der Waals surface area contributed by atoms with Gasteiger partial charge >= 0.3 is 0 Å². The van der Waals surface area contributed by atoms with E-state index in [1.54, 1.807) is 12.3 Å². The highest BCUT2D eigenvalue weighted by Crippen LogP contribution is 2.56. The molecule has 0 amide bonds. The lowest BCUT2D eigenvalue weighted by Crippen LogP contribution is -2.22. The maximum Gasteiger partial charge on any atom is 0.135 e. The molecular weight excluding hydrogens is 237 g/mol. The van der Waals surface area contributed by atoms with Crippen LogP contribution in [-0.4, -0.2) is 6.17 Å². The van der Waals surface area contributed by atoms with Crippen molar-refractivity contribution in [1.82, 2.24) is 0 Å². The number of rotatable bonds is 2. The molecular formula is C9H11BrFNO. The number of hydrogen-bond acceptors (Lipinski definition) is 2. The van der Waals surface area contributed by atoms with Crippen molar-refractivity contribution in [3.05, 3.63) is 22.6 Å². The second kappa shape index (κ2) is 2.82. The van der Waals surface area contributed by atoms with Crippen LogP contribution in [0.1, 0.15) is 25.1 Å². The molecule has 0 aromatic carbocycles.